The number of aryl methyl sites for hydroxylation is 2. The van der Waals surface area contributed by atoms with Gasteiger partial charge >= 0.3 is 5.69 Å². The van der Waals surface area contributed by atoms with Crippen molar-refractivity contribution in [1.29, 1.82) is 0 Å². The van der Waals surface area contributed by atoms with Gasteiger partial charge in [0.1, 0.15) is 5.82 Å². The van der Waals surface area contributed by atoms with E-state index in [9.17, 15) is 4.79 Å². The summed E-state index contributed by atoms with van der Waals surface area (Å²) < 4.78 is 8.26. The van der Waals surface area contributed by atoms with E-state index in [0.717, 1.165) is 62.6 Å². The first-order valence-electron chi connectivity index (χ1n) is 11.2. The molecule has 2 aromatic heterocycles. The quantitative estimate of drug-likeness (QED) is 0.589. The number of hydrogen-bond acceptors (Lipinski definition) is 6. The summed E-state index contributed by atoms with van der Waals surface area (Å²) in [6, 6.07) is 6.59. The lowest BCUT2D eigenvalue weighted by atomic mass is 9.77. The largest absolute Gasteiger partial charge is 0.370 e. The number of nitrogens with zero attached hydrogens (tertiary/aromatic N) is 5. The number of ether oxygens (including phenoxy) is 1. The first-order chi connectivity index (χ1) is 15.5. The van der Waals surface area contributed by atoms with Crippen LogP contribution in [0.1, 0.15) is 48.8 Å². The summed E-state index contributed by atoms with van der Waals surface area (Å²) in [5.74, 6) is 0.666. The summed E-state index contributed by atoms with van der Waals surface area (Å²) in [4.78, 5) is 16.2. The Kier molecular flexibility index (Phi) is 5.88. The summed E-state index contributed by atoms with van der Waals surface area (Å²) in [5, 5.41) is 15.7. The number of aromatic nitrogens is 6. The fourth-order valence-corrected chi connectivity index (χ4v) is 5.22. The molecule has 0 bridgehead atoms. The lowest BCUT2D eigenvalue weighted by Gasteiger charge is -2.48. The molecule has 0 saturated carbocycles. The van der Waals surface area contributed by atoms with E-state index in [1.54, 1.807) is 0 Å². The van der Waals surface area contributed by atoms with Crippen LogP contribution in [0.2, 0.25) is 5.02 Å². The highest BCUT2D eigenvalue weighted by atomic mass is 35.5. The Balaban J connectivity index is 1.19. The standard InChI is InChI=1S/C22H28ClN7O2/c1-15-12-22(19-11-17(23)5-4-16(19)6-10-32-22)7-9-29(15)13-18-14-30(28-25-18)8-2-3-20-24-21(31)27-26-20/h4-5,11,14-15H,2-3,6-10,12-13H2,1H3,(H2,24,26,27,31)/t15-,22+/m0/s1. The third kappa shape index (κ3) is 4.37. The fraction of sp³-hybridized carbons (Fsp3) is 0.545. The summed E-state index contributed by atoms with van der Waals surface area (Å²) >= 11 is 6.32. The van der Waals surface area contributed by atoms with Gasteiger partial charge < -0.3 is 4.74 Å². The molecule has 32 heavy (non-hydrogen) atoms. The Hall–Kier alpha value is -2.49. The molecule has 3 aromatic rings. The number of nitrogens with one attached hydrogen (secondary N) is 2. The monoisotopic (exact) mass is 457 g/mol. The molecule has 2 aliphatic heterocycles. The van der Waals surface area contributed by atoms with E-state index in [-0.39, 0.29) is 11.3 Å². The van der Waals surface area contributed by atoms with Crippen LogP contribution in [0.3, 0.4) is 0 Å². The second-order valence-corrected chi connectivity index (χ2v) is 9.31. The van der Waals surface area contributed by atoms with Gasteiger partial charge in [0, 0.05) is 43.3 Å². The zero-order chi connectivity index (χ0) is 22.1. The molecule has 5 rings (SSSR count). The van der Waals surface area contributed by atoms with Crippen LogP contribution in [0, 0.1) is 0 Å². The van der Waals surface area contributed by atoms with Crippen LogP contribution < -0.4 is 5.69 Å². The van der Waals surface area contributed by atoms with Gasteiger partial charge in [0.15, 0.2) is 0 Å². The predicted molar refractivity (Wildman–Crippen MR) is 119 cm³/mol. The molecular formula is C22H28ClN7O2. The zero-order valence-corrected chi connectivity index (χ0v) is 18.9. The maximum absolute atomic E-state index is 11.1. The summed E-state index contributed by atoms with van der Waals surface area (Å²) in [5.41, 5.74) is 3.09. The second-order valence-electron chi connectivity index (χ2n) is 8.87. The highest BCUT2D eigenvalue weighted by Crippen LogP contribution is 2.44. The molecule has 10 heteroatoms. The Bertz CT molecular complexity index is 1140. The van der Waals surface area contributed by atoms with Crippen LogP contribution in [0.25, 0.3) is 0 Å². The third-order valence-electron chi connectivity index (χ3n) is 6.67. The number of halogens is 1. The summed E-state index contributed by atoms with van der Waals surface area (Å²) in [6.45, 7) is 5.46. The van der Waals surface area contributed by atoms with Gasteiger partial charge in [-0.1, -0.05) is 22.9 Å². The Morgan fingerprint density at radius 3 is 3.09 bits per heavy atom. The number of fused-ring (bicyclic) bond motifs is 2. The van der Waals surface area contributed by atoms with Crippen LogP contribution in [0.15, 0.2) is 29.2 Å². The van der Waals surface area contributed by atoms with Crippen LogP contribution in [0.5, 0.6) is 0 Å². The molecule has 0 unspecified atom stereocenters. The Labute approximate surface area is 191 Å². The van der Waals surface area contributed by atoms with E-state index >= 15 is 0 Å². The number of H-pyrrole nitrogens is 2. The number of rotatable bonds is 6. The van der Waals surface area contributed by atoms with Crippen molar-refractivity contribution < 1.29 is 4.74 Å². The number of benzene rings is 1. The van der Waals surface area contributed by atoms with Crippen molar-refractivity contribution >= 4 is 11.6 Å². The molecule has 2 aliphatic rings. The number of likely N-dealkylation sites (tertiary alicyclic amines) is 1. The van der Waals surface area contributed by atoms with E-state index in [0.29, 0.717) is 18.3 Å². The van der Waals surface area contributed by atoms with E-state index in [1.807, 2.05) is 16.9 Å². The maximum Gasteiger partial charge on any atom is 0.340 e. The first-order valence-corrected chi connectivity index (χ1v) is 11.6. The average molecular weight is 458 g/mol. The Morgan fingerprint density at radius 1 is 1.38 bits per heavy atom. The fourth-order valence-electron chi connectivity index (χ4n) is 5.05. The van der Waals surface area contributed by atoms with Crippen molar-refractivity contribution in [3.05, 3.63) is 62.5 Å². The molecular weight excluding hydrogens is 430 g/mol. The lowest BCUT2D eigenvalue weighted by molar-refractivity contribution is -0.113. The third-order valence-corrected chi connectivity index (χ3v) is 6.90. The van der Waals surface area contributed by atoms with E-state index in [2.05, 4.69) is 49.4 Å². The van der Waals surface area contributed by atoms with Gasteiger partial charge in [-0.15, -0.1) is 5.10 Å². The van der Waals surface area contributed by atoms with Crippen molar-refractivity contribution in [3.8, 4) is 0 Å². The molecule has 4 heterocycles. The molecule has 2 N–H and O–H groups in total. The lowest BCUT2D eigenvalue weighted by Crippen LogP contribution is -2.50. The SMILES string of the molecule is C[C@H]1C[C@@]2(CCN1Cc1cn(CCCc3n[nH]c(=O)[nH]3)nn1)OCCc1ccc(Cl)cc12. The van der Waals surface area contributed by atoms with Crippen LogP contribution in [-0.4, -0.2) is 54.3 Å². The summed E-state index contributed by atoms with van der Waals surface area (Å²) in [6.07, 6.45) is 6.36. The molecule has 1 spiro atoms. The number of hydrogen-bond donors (Lipinski definition) is 2. The zero-order valence-electron chi connectivity index (χ0n) is 18.2. The smallest absolute Gasteiger partial charge is 0.340 e. The molecule has 1 aromatic carbocycles. The molecule has 9 nitrogen and oxygen atoms in total. The van der Waals surface area contributed by atoms with Gasteiger partial charge in [-0.2, -0.15) is 5.10 Å². The topological polar surface area (TPSA) is 105 Å². The minimum Gasteiger partial charge on any atom is -0.370 e. The number of piperidine rings is 1. The predicted octanol–water partition coefficient (Wildman–Crippen LogP) is 2.43. The Morgan fingerprint density at radius 2 is 2.28 bits per heavy atom. The van der Waals surface area contributed by atoms with Gasteiger partial charge in [-0.3, -0.25) is 14.6 Å². The average Bonchev–Trinajstić information content (AvgIpc) is 3.40. The van der Waals surface area contributed by atoms with Crippen molar-refractivity contribution in [1.82, 2.24) is 35.1 Å². The second kappa shape index (κ2) is 8.80. The van der Waals surface area contributed by atoms with Gasteiger partial charge in [0.25, 0.3) is 0 Å². The van der Waals surface area contributed by atoms with Gasteiger partial charge in [-0.25, -0.2) is 9.89 Å². The highest BCUT2D eigenvalue weighted by molar-refractivity contribution is 6.30. The van der Waals surface area contributed by atoms with Crippen LogP contribution >= 0.6 is 11.6 Å². The molecule has 1 saturated heterocycles. The van der Waals surface area contributed by atoms with Gasteiger partial charge in [0.05, 0.1) is 17.9 Å². The van der Waals surface area contributed by atoms with Crippen molar-refractivity contribution in [2.45, 2.75) is 63.8 Å². The molecule has 0 aliphatic carbocycles. The molecule has 0 amide bonds. The minimum atomic E-state index is -0.273. The molecule has 1 fully saturated rings. The van der Waals surface area contributed by atoms with E-state index in [1.165, 1.54) is 11.1 Å². The molecule has 0 radical (unpaired) electrons. The van der Waals surface area contributed by atoms with E-state index in [4.69, 9.17) is 16.3 Å². The van der Waals surface area contributed by atoms with Crippen LogP contribution in [0.4, 0.5) is 0 Å². The number of aromatic amines is 2. The summed E-state index contributed by atoms with van der Waals surface area (Å²) in [7, 11) is 0. The highest BCUT2D eigenvalue weighted by Gasteiger charge is 2.43. The maximum atomic E-state index is 11.1. The molecule has 2 atom stereocenters. The van der Waals surface area contributed by atoms with Gasteiger partial charge in [0.2, 0.25) is 0 Å². The molecule has 170 valence electrons. The minimum absolute atomic E-state index is 0.237. The first kappa shape index (κ1) is 21.4. The van der Waals surface area contributed by atoms with Crippen molar-refractivity contribution in [2.24, 2.45) is 0 Å². The van der Waals surface area contributed by atoms with E-state index < -0.39 is 0 Å². The van der Waals surface area contributed by atoms with Crippen molar-refractivity contribution in [2.75, 3.05) is 13.2 Å². The normalized spacial score (nSPS) is 23.5. The van der Waals surface area contributed by atoms with Gasteiger partial charge in [-0.05, 0) is 55.9 Å². The van der Waals surface area contributed by atoms with Crippen LogP contribution in [-0.2, 0) is 36.3 Å². The van der Waals surface area contributed by atoms with Crippen molar-refractivity contribution in [3.63, 3.8) is 0 Å².